The van der Waals surface area contributed by atoms with Gasteiger partial charge in [0.15, 0.2) is 0 Å². The fourth-order valence-electron chi connectivity index (χ4n) is 3.75. The van der Waals surface area contributed by atoms with Crippen LogP contribution in [0.25, 0.3) is 0 Å². The van der Waals surface area contributed by atoms with E-state index in [1.807, 2.05) is 9.21 Å². The molecule has 0 N–H and O–H groups in total. The molecule has 3 rings (SSSR count). The predicted molar refractivity (Wildman–Crippen MR) is 127 cm³/mol. The highest BCUT2D eigenvalue weighted by molar-refractivity contribution is 9.09. The number of hydrogen-bond acceptors (Lipinski definition) is 6. The van der Waals surface area contributed by atoms with Gasteiger partial charge in [-0.2, -0.15) is 0 Å². The van der Waals surface area contributed by atoms with Crippen molar-refractivity contribution < 1.29 is 13.9 Å². The first-order chi connectivity index (χ1) is 14.4. The van der Waals surface area contributed by atoms with Crippen molar-refractivity contribution in [1.82, 2.24) is 9.21 Å². The van der Waals surface area contributed by atoms with Gasteiger partial charge < -0.3 is 9.64 Å². The molecule has 0 radical (unpaired) electrons. The third-order valence-corrected chi connectivity index (χ3v) is 9.54. The average molecular weight is 564 g/mol. The number of anilines is 1. The first kappa shape index (κ1) is 23.5. The molecule has 0 aromatic heterocycles. The zero-order valence-corrected chi connectivity index (χ0v) is 20.7. The number of nitro groups is 1. The molecule has 1 aromatic rings. The number of ether oxygens (including phenoxy) is 1. The van der Waals surface area contributed by atoms with Crippen LogP contribution in [-0.2, 0) is 14.4 Å². The number of nitrogens with zero attached hydrogens (tertiary/aromatic N) is 4. The molecule has 1 atom stereocenters. The van der Waals surface area contributed by atoms with Gasteiger partial charge in [0.05, 0.1) is 49.3 Å². The van der Waals surface area contributed by atoms with E-state index in [1.54, 1.807) is 7.05 Å². The number of alkyl halides is 2. The molecule has 0 bridgehead atoms. The number of terminal acetylenes is 1. The van der Waals surface area contributed by atoms with Crippen molar-refractivity contribution in [2.75, 3.05) is 68.5 Å². The Morgan fingerprint density at radius 2 is 2.03 bits per heavy atom. The largest absolute Gasteiger partial charge is 0.379 e. The van der Waals surface area contributed by atoms with Crippen LogP contribution in [0.1, 0.15) is 5.56 Å². The van der Waals surface area contributed by atoms with Crippen LogP contribution in [0.2, 0.25) is 0 Å². The van der Waals surface area contributed by atoms with E-state index in [1.165, 1.54) is 12.1 Å². The van der Waals surface area contributed by atoms with Gasteiger partial charge in [-0.25, -0.2) is 8.51 Å². The summed E-state index contributed by atoms with van der Waals surface area (Å²) in [5.41, 5.74) is 0.858. The van der Waals surface area contributed by atoms with Crippen molar-refractivity contribution in [3.05, 3.63) is 27.8 Å². The third kappa shape index (κ3) is 4.26. The lowest BCUT2D eigenvalue weighted by Crippen LogP contribution is -2.43. The van der Waals surface area contributed by atoms with Crippen molar-refractivity contribution in [2.24, 2.45) is 0 Å². The maximum atomic E-state index is 14.5. The minimum Gasteiger partial charge on any atom is -0.379 e. The molecule has 2 aliphatic heterocycles. The zero-order valence-electron chi connectivity index (χ0n) is 16.7. The maximum absolute atomic E-state index is 14.5. The van der Waals surface area contributed by atoms with E-state index in [0.29, 0.717) is 58.1 Å². The molecule has 11 heteroatoms. The van der Waals surface area contributed by atoms with Crippen molar-refractivity contribution in [3.8, 4) is 12.3 Å². The smallest absolute Gasteiger partial charge is 0.272 e. The minimum absolute atomic E-state index is 0.148. The summed E-state index contributed by atoms with van der Waals surface area (Å²) in [4.78, 5) is 16.3. The second kappa shape index (κ2) is 9.97. The highest BCUT2D eigenvalue weighted by Crippen LogP contribution is 2.41. The highest BCUT2D eigenvalue weighted by Gasteiger charge is 2.39. The lowest BCUT2D eigenvalue weighted by atomic mass is 10.1. The van der Waals surface area contributed by atoms with E-state index in [0.717, 1.165) is 19.6 Å². The first-order valence-corrected chi connectivity index (χ1v) is 13.2. The summed E-state index contributed by atoms with van der Waals surface area (Å²) in [5, 5.41) is 12.5. The van der Waals surface area contributed by atoms with E-state index in [4.69, 9.17) is 11.2 Å². The Hall–Kier alpha value is -1.16. The zero-order chi connectivity index (χ0) is 21.9. The van der Waals surface area contributed by atoms with Crippen LogP contribution in [-0.4, -0.2) is 87.0 Å². The molecule has 0 amide bonds. The van der Waals surface area contributed by atoms with Gasteiger partial charge in [-0.3, -0.25) is 15.0 Å². The molecule has 1 fully saturated rings. The fraction of sp³-hybridized carbons (Fsp3) is 0.526. The SMILES string of the molecule is C#Cc1cc([N+](=O)[O-])cc2c1N(CCBr)C(CBr)=S2(=O)N(C)CCN1CCOCC1. The van der Waals surface area contributed by atoms with Crippen LogP contribution < -0.4 is 4.90 Å². The predicted octanol–water partition coefficient (Wildman–Crippen LogP) is 2.14. The molecular weight excluding hydrogens is 540 g/mol. The molecule has 0 aliphatic carbocycles. The molecule has 0 spiro atoms. The number of benzene rings is 1. The Kier molecular flexibility index (Phi) is 7.81. The number of non-ortho nitro benzene ring substituents is 1. The van der Waals surface area contributed by atoms with Crippen LogP contribution in [0.5, 0.6) is 0 Å². The number of morpholine rings is 1. The number of fused-ring (bicyclic) bond motifs is 1. The van der Waals surface area contributed by atoms with Crippen LogP contribution >= 0.6 is 31.9 Å². The molecule has 2 heterocycles. The minimum atomic E-state index is -2.89. The third-order valence-electron chi connectivity index (χ3n) is 5.31. The number of hydrogen-bond donors (Lipinski definition) is 0. The molecule has 1 saturated heterocycles. The summed E-state index contributed by atoms with van der Waals surface area (Å²) < 4.78 is 21.7. The normalized spacial score (nSPS) is 21.7. The number of nitro benzene ring substituents is 1. The summed E-state index contributed by atoms with van der Waals surface area (Å²) in [6.45, 7) is 4.89. The quantitative estimate of drug-likeness (QED) is 0.158. The van der Waals surface area contributed by atoms with Crippen molar-refractivity contribution in [3.63, 3.8) is 0 Å². The van der Waals surface area contributed by atoms with E-state index < -0.39 is 14.6 Å². The van der Waals surface area contributed by atoms with Gasteiger partial charge >= 0.3 is 0 Å². The summed E-state index contributed by atoms with van der Waals surface area (Å²) in [6, 6.07) is 2.80. The Bertz CT molecular complexity index is 981. The van der Waals surface area contributed by atoms with Gasteiger partial charge in [-0.1, -0.05) is 37.8 Å². The fourth-order valence-corrected chi connectivity index (χ4v) is 8.02. The summed E-state index contributed by atoms with van der Waals surface area (Å²) in [7, 11) is -1.09. The lowest BCUT2D eigenvalue weighted by molar-refractivity contribution is -0.385. The lowest BCUT2D eigenvalue weighted by Gasteiger charge is -2.30. The van der Waals surface area contributed by atoms with E-state index in [2.05, 4.69) is 42.7 Å². The first-order valence-electron chi connectivity index (χ1n) is 9.48. The van der Waals surface area contributed by atoms with Gasteiger partial charge in [-0.05, 0) is 7.05 Å². The number of halogens is 2. The Balaban J connectivity index is 2.10. The Labute approximate surface area is 194 Å². The van der Waals surface area contributed by atoms with Crippen molar-refractivity contribution in [1.29, 1.82) is 0 Å². The van der Waals surface area contributed by atoms with Gasteiger partial charge in [0.25, 0.3) is 5.69 Å². The second-order valence-corrected chi connectivity index (χ2v) is 10.9. The molecule has 2 aliphatic rings. The van der Waals surface area contributed by atoms with Crippen molar-refractivity contribution >= 4 is 57.9 Å². The van der Waals surface area contributed by atoms with Gasteiger partial charge in [0, 0.05) is 50.2 Å². The van der Waals surface area contributed by atoms with Crippen LogP contribution in [0.3, 0.4) is 0 Å². The summed E-state index contributed by atoms with van der Waals surface area (Å²) >= 11 is 6.95. The topological polar surface area (TPSA) is 79.2 Å². The summed E-state index contributed by atoms with van der Waals surface area (Å²) in [6.07, 6.45) is 5.70. The number of rotatable bonds is 8. The molecule has 0 saturated carbocycles. The van der Waals surface area contributed by atoms with Crippen molar-refractivity contribution in [2.45, 2.75) is 4.90 Å². The molecule has 1 aromatic carbocycles. The molecular formula is C19H24Br2N4O4S. The van der Waals surface area contributed by atoms with E-state index in [-0.39, 0.29) is 5.69 Å². The monoisotopic (exact) mass is 562 g/mol. The standard InChI is InChI=1S/C19H24Br2N4O4S/c1-3-15-12-16(25(26)27)13-17-19(15)24(5-4-20)18(14-21)30(17,28)22(2)6-7-23-8-10-29-11-9-23/h1,12-13H,4-11,14H2,2H3. The van der Waals surface area contributed by atoms with E-state index in [9.17, 15) is 14.3 Å². The maximum Gasteiger partial charge on any atom is 0.272 e. The second-order valence-electron chi connectivity index (χ2n) is 6.94. The Morgan fingerprint density at radius 1 is 1.33 bits per heavy atom. The van der Waals surface area contributed by atoms with Crippen LogP contribution in [0, 0.1) is 22.5 Å². The van der Waals surface area contributed by atoms with Crippen LogP contribution in [0.4, 0.5) is 11.4 Å². The molecule has 164 valence electrons. The van der Waals surface area contributed by atoms with Gasteiger partial charge in [-0.15, -0.1) is 6.42 Å². The van der Waals surface area contributed by atoms with Gasteiger partial charge in [0.1, 0.15) is 4.99 Å². The highest BCUT2D eigenvalue weighted by atomic mass is 79.9. The van der Waals surface area contributed by atoms with Gasteiger partial charge in [0.2, 0.25) is 0 Å². The molecule has 1 unspecified atom stereocenters. The Morgan fingerprint density at radius 3 is 2.60 bits per heavy atom. The van der Waals surface area contributed by atoms with E-state index >= 15 is 0 Å². The molecule has 30 heavy (non-hydrogen) atoms. The molecule has 8 nitrogen and oxygen atoms in total. The summed E-state index contributed by atoms with van der Waals surface area (Å²) in [5.74, 6) is 2.56. The van der Waals surface area contributed by atoms with Crippen LogP contribution in [0.15, 0.2) is 17.0 Å². The number of likely N-dealkylation sites (N-methyl/N-ethyl adjacent to an activating group) is 1. The average Bonchev–Trinajstić information content (AvgIpc) is 3.01.